The van der Waals surface area contributed by atoms with E-state index in [0.29, 0.717) is 5.56 Å². The summed E-state index contributed by atoms with van der Waals surface area (Å²) in [6.45, 7) is 0. The Hall–Kier alpha value is -2.22. The van der Waals surface area contributed by atoms with Gasteiger partial charge in [-0.05, 0) is 23.8 Å². The maximum absolute atomic E-state index is 12.7. The molecule has 0 spiro atoms. The lowest BCUT2D eigenvalue weighted by Crippen LogP contribution is -2.16. The second-order valence-electron chi connectivity index (χ2n) is 5.38. The Kier molecular flexibility index (Phi) is 4.76. The van der Waals surface area contributed by atoms with Crippen molar-refractivity contribution in [3.8, 4) is 0 Å². The van der Waals surface area contributed by atoms with Gasteiger partial charge in [-0.3, -0.25) is 4.79 Å². The van der Waals surface area contributed by atoms with Crippen LogP contribution in [0.5, 0.6) is 0 Å². The minimum absolute atomic E-state index is 0.00740. The normalized spacial score (nSPS) is 20.7. The molecule has 2 aromatic carbocycles. The van der Waals surface area contributed by atoms with Crippen LogP contribution in [0.1, 0.15) is 18.6 Å². The van der Waals surface area contributed by atoms with E-state index in [4.69, 9.17) is 39.2 Å². The van der Waals surface area contributed by atoms with E-state index in [2.05, 4.69) is 0 Å². The van der Waals surface area contributed by atoms with Gasteiger partial charge in [-0.1, -0.05) is 53.5 Å². The Morgan fingerprint density at radius 3 is 2.38 bits per heavy atom. The third-order valence-corrected chi connectivity index (χ3v) is 4.91. The van der Waals surface area contributed by atoms with E-state index in [1.807, 2.05) is 0 Å². The number of hydrogen-bond donors (Lipinski definition) is 1. The summed E-state index contributed by atoms with van der Waals surface area (Å²) in [4.78, 5) is 12.7. The van der Waals surface area contributed by atoms with Crippen LogP contribution in [0.4, 0.5) is 0 Å². The van der Waals surface area contributed by atoms with Gasteiger partial charge in [0.15, 0.2) is 6.08 Å². The predicted octanol–water partition coefficient (Wildman–Crippen LogP) is 3.31. The molecule has 3 rings (SSSR count). The number of ether oxygens (including phenoxy) is 1. The molecule has 1 heterocycles. The van der Waals surface area contributed by atoms with Crippen molar-refractivity contribution in [3.05, 3.63) is 81.3 Å². The number of Topliss-reactive ketones (excluding diaryl/α,β-unsaturated/α-hetero) is 1. The highest BCUT2D eigenvalue weighted by Gasteiger charge is 2.39. The topological polar surface area (TPSA) is 95.7 Å². The van der Waals surface area contributed by atoms with Gasteiger partial charge in [-0.25, -0.2) is 0 Å². The molecule has 0 unspecified atom stereocenters. The first-order valence-corrected chi connectivity index (χ1v) is 9.60. The van der Waals surface area contributed by atoms with Crippen molar-refractivity contribution in [2.45, 2.75) is 11.8 Å². The van der Waals surface area contributed by atoms with Gasteiger partial charge in [-0.15, -0.1) is 0 Å². The molecule has 0 aromatic heterocycles. The van der Waals surface area contributed by atoms with E-state index in [1.54, 1.807) is 30.3 Å². The third-order valence-electron chi connectivity index (χ3n) is 3.37. The van der Waals surface area contributed by atoms with Crippen molar-refractivity contribution in [2.24, 2.45) is 5.73 Å². The number of ketones is 1. The fraction of sp³-hybridized carbons (Fsp3) is 0.118. The first-order valence-electron chi connectivity index (χ1n) is 7.77. The van der Waals surface area contributed by atoms with Gasteiger partial charge in [0, 0.05) is 15.6 Å². The maximum atomic E-state index is 12.7. The van der Waals surface area contributed by atoms with Gasteiger partial charge < -0.3 is 14.7 Å². The van der Waals surface area contributed by atoms with E-state index in [1.165, 1.54) is 18.2 Å². The number of carbonyl (C=O) groups excluding carboxylic acids is 1. The zero-order valence-electron chi connectivity index (χ0n) is 14.1. The minimum Gasteiger partial charge on any atom is -0.460 e. The van der Waals surface area contributed by atoms with Crippen molar-refractivity contribution >= 4 is 39.1 Å². The Labute approximate surface area is 161 Å². The van der Waals surface area contributed by atoms with Gasteiger partial charge in [0.2, 0.25) is 17.4 Å². The van der Waals surface area contributed by atoms with Crippen LogP contribution in [0.25, 0.3) is 0 Å². The van der Waals surface area contributed by atoms with Crippen LogP contribution in [0.15, 0.2) is 60.2 Å². The first-order chi connectivity index (χ1) is 12.6. The second-order valence-corrected chi connectivity index (χ2v) is 7.83. The van der Waals surface area contributed by atoms with Crippen molar-refractivity contribution < 1.29 is 23.5 Å². The lowest BCUT2D eigenvalue weighted by molar-refractivity contribution is -0.123. The number of hydrogen-bond acceptors (Lipinski definition) is 6. The number of rotatable bonds is 5. The molecule has 0 bridgehead atoms. The third kappa shape index (κ3) is 4.12. The molecule has 0 saturated carbocycles. The monoisotopic (exact) mass is 414 g/mol. The van der Waals surface area contributed by atoms with Gasteiger partial charge in [0.1, 0.15) is 5.75 Å². The molecule has 1 aliphatic heterocycles. The Bertz CT molecular complexity index is 1020. The average Bonchev–Trinajstić information content (AvgIpc) is 2.78. The molecule has 0 fully saturated rings. The maximum Gasteiger partial charge on any atom is 0.313 e. The van der Waals surface area contributed by atoms with E-state index in [9.17, 15) is 13.2 Å². The van der Waals surface area contributed by atoms with Crippen LogP contribution >= 0.6 is 23.2 Å². The van der Waals surface area contributed by atoms with Gasteiger partial charge in [0.05, 0.1) is 1.37 Å². The van der Waals surface area contributed by atoms with Crippen LogP contribution in [0, 0.1) is 0 Å². The van der Waals surface area contributed by atoms with Crippen LogP contribution in [0.3, 0.4) is 0 Å². The predicted molar refractivity (Wildman–Crippen MR) is 96.7 cm³/mol. The highest BCUT2D eigenvalue weighted by molar-refractivity contribution is 7.86. The van der Waals surface area contributed by atoms with E-state index in [-0.39, 0.29) is 15.6 Å². The van der Waals surface area contributed by atoms with Crippen molar-refractivity contribution in [1.82, 2.24) is 0 Å². The van der Waals surface area contributed by atoms with E-state index < -0.39 is 39.4 Å². The number of benzene rings is 2. The van der Waals surface area contributed by atoms with E-state index >= 15 is 0 Å². The molecular formula is C17H13Cl2NO5S. The van der Waals surface area contributed by atoms with E-state index in [0.717, 1.165) is 0 Å². The van der Waals surface area contributed by atoms with Crippen molar-refractivity contribution in [2.75, 3.05) is 0 Å². The summed E-state index contributed by atoms with van der Waals surface area (Å²) >= 11 is 11.8. The molecule has 1 aliphatic rings. The quantitative estimate of drug-likeness (QED) is 0.753. The van der Waals surface area contributed by atoms with Crippen LogP contribution < -0.4 is 5.73 Å². The lowest BCUT2D eigenvalue weighted by atomic mass is 10.1. The average molecular weight is 415 g/mol. The number of carbonyl (C=O) groups is 1. The van der Waals surface area contributed by atoms with Gasteiger partial charge in [0.25, 0.3) is 0 Å². The van der Waals surface area contributed by atoms with Crippen molar-refractivity contribution in [3.63, 3.8) is 0 Å². The zero-order valence-corrected chi connectivity index (χ0v) is 15.4. The smallest absolute Gasteiger partial charge is 0.313 e. The molecule has 0 amide bonds. The molecule has 2 aromatic rings. The van der Waals surface area contributed by atoms with Gasteiger partial charge in [-0.2, -0.15) is 8.42 Å². The molecule has 26 heavy (non-hydrogen) atoms. The summed E-state index contributed by atoms with van der Waals surface area (Å²) in [5.41, 5.74) is 6.07. The standard InChI is InChI=1S/C17H13Cl2NO5S/c18-12-6-11(7-13(19)8-12)15-14(21)16(17(20)24-15)25-26(22,23)9-10-4-2-1-3-5-10/h1-8,15H,9,20H2/t15-/m0/s1/i15D. The molecular weight excluding hydrogens is 401 g/mol. The second kappa shape index (κ2) is 7.19. The summed E-state index contributed by atoms with van der Waals surface area (Å²) in [6, 6.07) is 12.3. The first kappa shape index (κ1) is 17.2. The Morgan fingerprint density at radius 1 is 1.15 bits per heavy atom. The number of halogens is 2. The Balaban J connectivity index is 1.87. The largest absolute Gasteiger partial charge is 0.460 e. The molecule has 0 saturated heterocycles. The zero-order chi connectivity index (χ0) is 19.8. The molecule has 1 atom stereocenters. The minimum atomic E-state index is -4.21. The molecule has 0 radical (unpaired) electrons. The van der Waals surface area contributed by atoms with Gasteiger partial charge >= 0.3 is 10.1 Å². The summed E-state index contributed by atoms with van der Waals surface area (Å²) in [7, 11) is -4.21. The SMILES string of the molecule is [2H][C@@]1(c2cc(Cl)cc(Cl)c2)OC(N)=C(OS(=O)(=O)Cc2ccccc2)C1=O. The summed E-state index contributed by atoms with van der Waals surface area (Å²) in [5.74, 6) is -2.92. The Morgan fingerprint density at radius 2 is 1.77 bits per heavy atom. The fourth-order valence-corrected chi connectivity index (χ4v) is 3.90. The molecule has 2 N–H and O–H groups in total. The van der Waals surface area contributed by atoms with Crippen LogP contribution in [-0.4, -0.2) is 14.2 Å². The molecule has 136 valence electrons. The molecule has 0 aliphatic carbocycles. The van der Waals surface area contributed by atoms with Crippen LogP contribution in [0.2, 0.25) is 10.0 Å². The summed E-state index contributed by atoms with van der Waals surface area (Å²) < 4.78 is 42.9. The number of nitrogens with two attached hydrogens (primary N) is 1. The van der Waals surface area contributed by atoms with Crippen molar-refractivity contribution in [1.29, 1.82) is 0 Å². The molecule has 9 heteroatoms. The summed E-state index contributed by atoms with van der Waals surface area (Å²) in [5, 5.41) is 0.343. The van der Waals surface area contributed by atoms with Crippen LogP contribution in [-0.2, 0) is 29.6 Å². The lowest BCUT2D eigenvalue weighted by Gasteiger charge is -2.11. The fourth-order valence-electron chi connectivity index (χ4n) is 2.31. The summed E-state index contributed by atoms with van der Waals surface area (Å²) in [6.07, 6.45) is -2.35. The highest BCUT2D eigenvalue weighted by Crippen LogP contribution is 2.35. The highest BCUT2D eigenvalue weighted by atomic mass is 35.5. The molecule has 6 nitrogen and oxygen atoms in total.